The maximum Gasteiger partial charge on any atom is 0.322 e. The van der Waals surface area contributed by atoms with E-state index in [2.05, 4.69) is 23.2 Å². The Labute approximate surface area is 166 Å². The highest BCUT2D eigenvalue weighted by atomic mass is 32.1. The second kappa shape index (κ2) is 8.19. The summed E-state index contributed by atoms with van der Waals surface area (Å²) in [4.78, 5) is 17.3. The Morgan fingerprint density at radius 1 is 1.41 bits per heavy atom. The third-order valence-corrected chi connectivity index (χ3v) is 7.93. The van der Waals surface area contributed by atoms with Gasteiger partial charge in [0.25, 0.3) is 0 Å². The number of carbonyl (C=O) groups is 1. The fourth-order valence-electron chi connectivity index (χ4n) is 4.94. The van der Waals surface area contributed by atoms with Crippen molar-refractivity contribution < 1.29 is 14.3 Å². The van der Waals surface area contributed by atoms with Gasteiger partial charge >= 0.3 is 5.97 Å². The van der Waals surface area contributed by atoms with Crippen LogP contribution in [0, 0.1) is 5.92 Å². The lowest BCUT2D eigenvalue weighted by atomic mass is 9.81. The molecule has 2 unspecified atom stereocenters. The standard InChI is InChI=1S/C21H32N2O3S/c1-3-16-12-17-19(27-16)6-11-26-21(17)7-9-23(10-8-21)14-15-4-5-18(22-13-15)20(24)25-2/h12,15,18,22H,3-11,13-14H2,1-2H3. The zero-order valence-electron chi connectivity index (χ0n) is 16.6. The fraction of sp³-hybridized carbons (Fsp3) is 0.762. The summed E-state index contributed by atoms with van der Waals surface area (Å²) in [5.41, 5.74) is 1.46. The van der Waals surface area contributed by atoms with Gasteiger partial charge in [-0.25, -0.2) is 0 Å². The maximum absolute atomic E-state index is 11.7. The summed E-state index contributed by atoms with van der Waals surface area (Å²) < 4.78 is 11.3. The molecule has 1 spiro atoms. The van der Waals surface area contributed by atoms with E-state index in [9.17, 15) is 4.79 Å². The zero-order valence-corrected chi connectivity index (χ0v) is 17.4. The Morgan fingerprint density at radius 3 is 2.89 bits per heavy atom. The number of fused-ring (bicyclic) bond motifs is 2. The number of nitrogens with zero attached hydrogens (tertiary/aromatic N) is 1. The van der Waals surface area contributed by atoms with E-state index in [1.54, 1.807) is 4.88 Å². The SMILES string of the molecule is CCc1cc2c(s1)CCOC21CCN(CC2CCC(C(=O)OC)NC2)CC1. The van der Waals surface area contributed by atoms with Crippen molar-refractivity contribution in [3.8, 4) is 0 Å². The Bertz CT molecular complexity index is 658. The van der Waals surface area contributed by atoms with Crippen molar-refractivity contribution in [3.63, 3.8) is 0 Å². The van der Waals surface area contributed by atoms with Crippen LogP contribution in [0.1, 0.15) is 47.9 Å². The summed E-state index contributed by atoms with van der Waals surface area (Å²) in [5.74, 6) is 0.497. The molecule has 150 valence electrons. The molecule has 2 atom stereocenters. The topological polar surface area (TPSA) is 50.8 Å². The first-order chi connectivity index (χ1) is 13.1. The highest BCUT2D eigenvalue weighted by Crippen LogP contribution is 2.44. The number of aryl methyl sites for hydroxylation is 1. The summed E-state index contributed by atoms with van der Waals surface area (Å²) in [6, 6.07) is 2.31. The number of likely N-dealkylation sites (tertiary alicyclic amines) is 1. The molecule has 1 aromatic heterocycles. The van der Waals surface area contributed by atoms with Crippen LogP contribution in [0.15, 0.2) is 6.07 Å². The Balaban J connectivity index is 1.31. The summed E-state index contributed by atoms with van der Waals surface area (Å²) in [5, 5.41) is 3.36. The predicted molar refractivity (Wildman–Crippen MR) is 107 cm³/mol. The number of esters is 1. The Morgan fingerprint density at radius 2 is 2.22 bits per heavy atom. The second-order valence-electron chi connectivity index (χ2n) is 8.22. The van der Waals surface area contributed by atoms with E-state index in [0.29, 0.717) is 5.92 Å². The number of nitrogens with one attached hydrogen (secondary N) is 1. The number of methoxy groups -OCH3 is 1. The molecule has 0 bridgehead atoms. The molecule has 2 fully saturated rings. The van der Waals surface area contributed by atoms with Gasteiger partial charge in [0.2, 0.25) is 0 Å². The monoisotopic (exact) mass is 392 g/mol. The highest BCUT2D eigenvalue weighted by molar-refractivity contribution is 7.12. The van der Waals surface area contributed by atoms with E-state index >= 15 is 0 Å². The summed E-state index contributed by atoms with van der Waals surface area (Å²) >= 11 is 2.00. The molecule has 0 saturated carbocycles. The number of piperidine rings is 2. The van der Waals surface area contributed by atoms with Crippen molar-refractivity contribution in [3.05, 3.63) is 21.4 Å². The lowest BCUT2D eigenvalue weighted by Crippen LogP contribution is -2.50. The molecule has 1 aromatic rings. The van der Waals surface area contributed by atoms with Crippen LogP contribution in [0.2, 0.25) is 0 Å². The molecule has 2 saturated heterocycles. The summed E-state index contributed by atoms with van der Waals surface area (Å²) in [6.07, 6.45) is 6.40. The molecule has 3 aliphatic rings. The summed E-state index contributed by atoms with van der Waals surface area (Å²) in [6.45, 7) is 7.36. The van der Waals surface area contributed by atoms with E-state index in [4.69, 9.17) is 9.47 Å². The van der Waals surface area contributed by atoms with Crippen LogP contribution >= 0.6 is 11.3 Å². The van der Waals surface area contributed by atoms with Gasteiger partial charge in [0.1, 0.15) is 6.04 Å². The van der Waals surface area contributed by atoms with Crippen LogP contribution in [-0.2, 0) is 32.7 Å². The van der Waals surface area contributed by atoms with Crippen LogP contribution in [0.5, 0.6) is 0 Å². The van der Waals surface area contributed by atoms with E-state index in [0.717, 1.165) is 71.3 Å². The average Bonchev–Trinajstić information content (AvgIpc) is 3.15. The molecule has 0 radical (unpaired) electrons. The molecule has 0 aliphatic carbocycles. The molecule has 1 N–H and O–H groups in total. The number of thiophene rings is 1. The Kier molecular flexibility index (Phi) is 5.88. The molecule has 4 heterocycles. The fourth-order valence-corrected chi connectivity index (χ4v) is 6.11. The predicted octanol–water partition coefficient (Wildman–Crippen LogP) is 2.72. The normalized spacial score (nSPS) is 28.1. The van der Waals surface area contributed by atoms with E-state index < -0.39 is 0 Å². The molecule has 3 aliphatic heterocycles. The number of rotatable bonds is 4. The highest BCUT2D eigenvalue weighted by Gasteiger charge is 2.42. The van der Waals surface area contributed by atoms with Crippen LogP contribution in [0.4, 0.5) is 0 Å². The van der Waals surface area contributed by atoms with E-state index in [-0.39, 0.29) is 17.6 Å². The van der Waals surface area contributed by atoms with Gasteiger partial charge in [-0.1, -0.05) is 6.92 Å². The van der Waals surface area contributed by atoms with Crippen molar-refractivity contribution in [2.24, 2.45) is 5.92 Å². The molecule has 0 aromatic carbocycles. The lowest BCUT2D eigenvalue weighted by Gasteiger charge is -2.45. The van der Waals surface area contributed by atoms with Crippen molar-refractivity contribution in [1.82, 2.24) is 10.2 Å². The van der Waals surface area contributed by atoms with E-state index in [1.807, 2.05) is 11.3 Å². The number of carbonyl (C=O) groups excluding carboxylic acids is 1. The van der Waals surface area contributed by atoms with Gasteiger partial charge in [0.15, 0.2) is 0 Å². The molecule has 5 nitrogen and oxygen atoms in total. The van der Waals surface area contributed by atoms with Crippen molar-refractivity contribution >= 4 is 17.3 Å². The second-order valence-corrected chi connectivity index (χ2v) is 9.45. The van der Waals surface area contributed by atoms with Gasteiger partial charge in [0.05, 0.1) is 19.3 Å². The minimum absolute atomic E-state index is 0.0329. The van der Waals surface area contributed by atoms with Crippen molar-refractivity contribution in [2.45, 2.75) is 57.1 Å². The third kappa shape index (κ3) is 3.95. The van der Waals surface area contributed by atoms with Crippen molar-refractivity contribution in [1.29, 1.82) is 0 Å². The minimum Gasteiger partial charge on any atom is -0.468 e. The first kappa shape index (κ1) is 19.4. The minimum atomic E-state index is -0.124. The quantitative estimate of drug-likeness (QED) is 0.799. The van der Waals surface area contributed by atoms with Gasteiger partial charge in [-0.15, -0.1) is 11.3 Å². The molecular weight excluding hydrogens is 360 g/mol. The summed E-state index contributed by atoms with van der Waals surface area (Å²) in [7, 11) is 1.47. The number of ether oxygens (including phenoxy) is 2. The van der Waals surface area contributed by atoms with Crippen molar-refractivity contribution in [2.75, 3.05) is 39.9 Å². The maximum atomic E-state index is 11.7. The van der Waals surface area contributed by atoms with Crippen LogP contribution in [-0.4, -0.2) is 56.8 Å². The average molecular weight is 393 g/mol. The van der Waals surface area contributed by atoms with Gasteiger partial charge in [-0.3, -0.25) is 4.79 Å². The first-order valence-corrected chi connectivity index (χ1v) is 11.2. The zero-order chi connectivity index (χ0) is 18.9. The Hall–Kier alpha value is -0.950. The smallest absolute Gasteiger partial charge is 0.322 e. The van der Waals surface area contributed by atoms with Gasteiger partial charge in [0, 0.05) is 35.8 Å². The molecule has 4 rings (SSSR count). The van der Waals surface area contributed by atoms with Gasteiger partial charge in [-0.05, 0) is 56.2 Å². The lowest BCUT2D eigenvalue weighted by molar-refractivity contribution is -0.144. The third-order valence-electron chi connectivity index (χ3n) is 6.59. The molecule has 0 amide bonds. The molecule has 6 heteroatoms. The largest absolute Gasteiger partial charge is 0.468 e. The van der Waals surface area contributed by atoms with Crippen LogP contribution < -0.4 is 5.32 Å². The van der Waals surface area contributed by atoms with Crippen LogP contribution in [0.25, 0.3) is 0 Å². The van der Waals surface area contributed by atoms with Gasteiger partial charge < -0.3 is 19.7 Å². The number of hydrogen-bond donors (Lipinski definition) is 1. The van der Waals surface area contributed by atoms with E-state index in [1.165, 1.54) is 17.6 Å². The number of hydrogen-bond acceptors (Lipinski definition) is 6. The molecule has 27 heavy (non-hydrogen) atoms. The van der Waals surface area contributed by atoms with Crippen LogP contribution in [0.3, 0.4) is 0 Å². The van der Waals surface area contributed by atoms with Gasteiger partial charge in [-0.2, -0.15) is 0 Å². The molecular formula is C21H32N2O3S. The first-order valence-electron chi connectivity index (χ1n) is 10.4.